The molecule has 0 amide bonds. The van der Waals surface area contributed by atoms with Crippen molar-refractivity contribution in [2.24, 2.45) is 0 Å². The smallest absolute Gasteiger partial charge is 0.348 e. The number of carbonyl (C=O) groups is 2. The van der Waals surface area contributed by atoms with Crippen molar-refractivity contribution in [3.63, 3.8) is 0 Å². The zero-order valence-electron chi connectivity index (χ0n) is 17.0. The number of thiophene rings is 1. The van der Waals surface area contributed by atoms with E-state index in [1.165, 1.54) is 42.8 Å². The van der Waals surface area contributed by atoms with Gasteiger partial charge in [-0.2, -0.15) is 4.31 Å². The molecule has 0 unspecified atom stereocenters. The summed E-state index contributed by atoms with van der Waals surface area (Å²) in [6.45, 7) is 1.14. The SMILES string of the molecule is COC(=O)c1sc(N)c(C(=O)OC)c1COc1ccc(S(=O)(=O)N2CCOCC2)cc1. The number of hydrogen-bond donors (Lipinski definition) is 1. The van der Waals surface area contributed by atoms with Crippen LogP contribution in [0.4, 0.5) is 5.00 Å². The Hall–Kier alpha value is -2.67. The predicted molar refractivity (Wildman–Crippen MR) is 112 cm³/mol. The fourth-order valence-electron chi connectivity index (χ4n) is 3.01. The molecule has 1 aromatic carbocycles. The molecule has 31 heavy (non-hydrogen) atoms. The van der Waals surface area contributed by atoms with Gasteiger partial charge in [-0.05, 0) is 24.3 Å². The molecule has 1 aromatic heterocycles. The van der Waals surface area contributed by atoms with E-state index < -0.39 is 22.0 Å². The van der Waals surface area contributed by atoms with Gasteiger partial charge in [0.1, 0.15) is 27.8 Å². The summed E-state index contributed by atoms with van der Waals surface area (Å²) in [4.78, 5) is 24.4. The number of nitrogens with two attached hydrogens (primary N) is 1. The van der Waals surface area contributed by atoms with Gasteiger partial charge in [-0.3, -0.25) is 0 Å². The molecule has 2 N–H and O–H groups in total. The molecular formula is C19H22N2O8S2. The molecule has 0 radical (unpaired) electrons. The van der Waals surface area contributed by atoms with Gasteiger partial charge in [0.2, 0.25) is 10.0 Å². The highest BCUT2D eigenvalue weighted by Gasteiger charge is 2.28. The Morgan fingerprint density at radius 2 is 1.71 bits per heavy atom. The maximum absolute atomic E-state index is 12.7. The van der Waals surface area contributed by atoms with E-state index in [1.54, 1.807) is 0 Å². The zero-order chi connectivity index (χ0) is 22.6. The van der Waals surface area contributed by atoms with Gasteiger partial charge in [-0.1, -0.05) is 0 Å². The first kappa shape index (κ1) is 23.0. The molecule has 1 aliphatic heterocycles. The Bertz CT molecular complexity index is 1060. The quantitative estimate of drug-likeness (QED) is 0.597. The second-order valence-corrected chi connectivity index (χ2v) is 9.40. The summed E-state index contributed by atoms with van der Waals surface area (Å²) in [7, 11) is -1.20. The van der Waals surface area contributed by atoms with Crippen LogP contribution >= 0.6 is 11.3 Å². The van der Waals surface area contributed by atoms with Gasteiger partial charge >= 0.3 is 11.9 Å². The number of hydrogen-bond acceptors (Lipinski definition) is 10. The number of esters is 2. The lowest BCUT2D eigenvalue weighted by Gasteiger charge is -2.26. The summed E-state index contributed by atoms with van der Waals surface area (Å²) in [6.07, 6.45) is 0. The number of morpholine rings is 1. The zero-order valence-corrected chi connectivity index (χ0v) is 18.6. The third-order valence-corrected chi connectivity index (χ3v) is 7.56. The minimum Gasteiger partial charge on any atom is -0.489 e. The van der Waals surface area contributed by atoms with Crippen molar-refractivity contribution in [1.29, 1.82) is 0 Å². The highest BCUT2D eigenvalue weighted by molar-refractivity contribution is 7.89. The van der Waals surface area contributed by atoms with Crippen LogP contribution in [-0.2, 0) is 30.8 Å². The van der Waals surface area contributed by atoms with Crippen LogP contribution < -0.4 is 10.5 Å². The fraction of sp³-hybridized carbons (Fsp3) is 0.368. The first-order valence-corrected chi connectivity index (χ1v) is 11.4. The molecule has 1 aliphatic rings. The number of benzene rings is 1. The van der Waals surface area contributed by atoms with Crippen molar-refractivity contribution in [3.8, 4) is 5.75 Å². The summed E-state index contributed by atoms with van der Waals surface area (Å²) in [5, 5.41) is 0.109. The van der Waals surface area contributed by atoms with Crippen molar-refractivity contribution < 1.29 is 37.0 Å². The summed E-state index contributed by atoms with van der Waals surface area (Å²) < 4.78 is 47.2. The first-order valence-electron chi connectivity index (χ1n) is 9.18. The summed E-state index contributed by atoms with van der Waals surface area (Å²) >= 11 is 0.901. The molecule has 168 valence electrons. The number of carbonyl (C=O) groups excluding carboxylic acids is 2. The number of nitrogens with zero attached hydrogens (tertiary/aromatic N) is 1. The molecule has 0 saturated carbocycles. The molecule has 3 rings (SSSR count). The van der Waals surface area contributed by atoms with Crippen LogP contribution in [0.25, 0.3) is 0 Å². The molecule has 2 heterocycles. The van der Waals surface area contributed by atoms with E-state index in [1.807, 2.05) is 0 Å². The van der Waals surface area contributed by atoms with E-state index in [-0.39, 0.29) is 32.5 Å². The van der Waals surface area contributed by atoms with Crippen LogP contribution in [0.2, 0.25) is 0 Å². The van der Waals surface area contributed by atoms with Gasteiger partial charge in [0.05, 0.1) is 32.3 Å². The first-order chi connectivity index (χ1) is 14.8. The van der Waals surface area contributed by atoms with Crippen LogP contribution in [0.3, 0.4) is 0 Å². The minimum absolute atomic E-state index is 0.0411. The van der Waals surface area contributed by atoms with E-state index in [0.717, 1.165) is 11.3 Å². The molecule has 12 heteroatoms. The van der Waals surface area contributed by atoms with Crippen LogP contribution in [0.1, 0.15) is 25.6 Å². The topological polar surface area (TPSA) is 134 Å². The van der Waals surface area contributed by atoms with Gasteiger partial charge in [-0.15, -0.1) is 11.3 Å². The minimum atomic E-state index is -3.62. The molecule has 0 atom stereocenters. The van der Waals surface area contributed by atoms with Crippen molar-refractivity contribution in [2.75, 3.05) is 46.3 Å². The largest absolute Gasteiger partial charge is 0.489 e. The third kappa shape index (κ3) is 4.82. The van der Waals surface area contributed by atoms with E-state index in [4.69, 9.17) is 24.7 Å². The lowest BCUT2D eigenvalue weighted by atomic mass is 10.1. The Balaban J connectivity index is 1.80. The number of ether oxygens (including phenoxy) is 4. The highest BCUT2D eigenvalue weighted by atomic mass is 32.2. The van der Waals surface area contributed by atoms with Crippen molar-refractivity contribution in [1.82, 2.24) is 4.31 Å². The predicted octanol–water partition coefficient (Wildman–Crippen LogP) is 1.50. The Kier molecular flexibility index (Phi) is 7.15. The van der Waals surface area contributed by atoms with Gasteiger partial charge < -0.3 is 24.7 Å². The normalized spacial score (nSPS) is 14.8. The van der Waals surface area contributed by atoms with Gasteiger partial charge in [0.15, 0.2) is 0 Å². The van der Waals surface area contributed by atoms with Gasteiger partial charge in [-0.25, -0.2) is 18.0 Å². The Morgan fingerprint density at radius 3 is 2.29 bits per heavy atom. The van der Waals surface area contributed by atoms with Crippen molar-refractivity contribution in [2.45, 2.75) is 11.5 Å². The number of nitrogen functional groups attached to an aromatic ring is 1. The van der Waals surface area contributed by atoms with E-state index in [2.05, 4.69) is 0 Å². The number of methoxy groups -OCH3 is 2. The number of anilines is 1. The monoisotopic (exact) mass is 470 g/mol. The van der Waals surface area contributed by atoms with Crippen LogP contribution in [-0.4, -0.2) is 65.2 Å². The maximum Gasteiger partial charge on any atom is 0.348 e. The molecule has 1 saturated heterocycles. The van der Waals surface area contributed by atoms with Crippen LogP contribution in [0.15, 0.2) is 29.2 Å². The van der Waals surface area contributed by atoms with Crippen LogP contribution in [0, 0.1) is 0 Å². The third-order valence-electron chi connectivity index (χ3n) is 4.61. The Morgan fingerprint density at radius 1 is 1.10 bits per heavy atom. The maximum atomic E-state index is 12.7. The number of rotatable bonds is 7. The van der Waals surface area contributed by atoms with Crippen molar-refractivity contribution in [3.05, 3.63) is 40.3 Å². The summed E-state index contributed by atoms with van der Waals surface area (Å²) in [5.41, 5.74) is 6.18. The van der Waals surface area contributed by atoms with Crippen molar-refractivity contribution >= 4 is 38.3 Å². The molecule has 2 aromatic rings. The molecule has 0 aliphatic carbocycles. The molecule has 0 spiro atoms. The number of sulfonamides is 1. The van der Waals surface area contributed by atoms with Crippen LogP contribution in [0.5, 0.6) is 5.75 Å². The molecule has 0 bridgehead atoms. The second-order valence-electron chi connectivity index (χ2n) is 6.41. The lowest BCUT2D eigenvalue weighted by Crippen LogP contribution is -2.40. The molecule has 10 nitrogen and oxygen atoms in total. The van der Waals surface area contributed by atoms with E-state index >= 15 is 0 Å². The molecular weight excluding hydrogens is 448 g/mol. The lowest BCUT2D eigenvalue weighted by molar-refractivity contribution is 0.0599. The standard InChI is InChI=1S/C19H22N2O8S2/c1-26-18(22)15-14(16(19(23)27-2)30-17(15)20)11-29-12-3-5-13(6-4-12)31(24,25)21-7-9-28-10-8-21/h3-6H,7-11,20H2,1-2H3. The van der Waals surface area contributed by atoms with E-state index in [9.17, 15) is 18.0 Å². The van der Waals surface area contributed by atoms with Gasteiger partial charge in [0.25, 0.3) is 0 Å². The van der Waals surface area contributed by atoms with Gasteiger partial charge in [0, 0.05) is 18.7 Å². The van der Waals surface area contributed by atoms with E-state index in [0.29, 0.717) is 32.1 Å². The summed E-state index contributed by atoms with van der Waals surface area (Å²) in [6, 6.07) is 5.87. The highest BCUT2D eigenvalue weighted by Crippen LogP contribution is 2.33. The average molecular weight is 471 g/mol. The second kappa shape index (κ2) is 9.64. The summed E-state index contributed by atoms with van der Waals surface area (Å²) in [5.74, 6) is -1.01. The Labute approximate surface area is 183 Å². The average Bonchev–Trinajstić information content (AvgIpc) is 3.13. The fourth-order valence-corrected chi connectivity index (χ4v) is 5.39. The molecule has 1 fully saturated rings.